The molecule has 0 aliphatic heterocycles. The summed E-state index contributed by atoms with van der Waals surface area (Å²) in [5.41, 5.74) is 1.28. The van der Waals surface area contributed by atoms with E-state index < -0.39 is 0 Å². The lowest BCUT2D eigenvalue weighted by molar-refractivity contribution is 0.264. The van der Waals surface area contributed by atoms with Crippen LogP contribution in [0.3, 0.4) is 0 Å². The van der Waals surface area contributed by atoms with E-state index in [-0.39, 0.29) is 19.0 Å². The molecule has 1 rings (SSSR count). The summed E-state index contributed by atoms with van der Waals surface area (Å²) in [6.45, 7) is -0.610. The van der Waals surface area contributed by atoms with Crippen LogP contribution in [-0.2, 0) is 13.2 Å². The lowest BCUT2D eigenvalue weighted by Gasteiger charge is -2.12. The van der Waals surface area contributed by atoms with Crippen LogP contribution in [-0.4, -0.2) is 27.5 Å². The van der Waals surface area contributed by atoms with E-state index in [9.17, 15) is 5.11 Å². The van der Waals surface area contributed by atoms with Crippen LogP contribution in [0, 0.1) is 0 Å². The van der Waals surface area contributed by atoms with Crippen LogP contribution in [0.2, 0.25) is 0 Å². The van der Waals surface area contributed by atoms with E-state index in [0.29, 0.717) is 21.9 Å². The number of aromatic hydroxyl groups is 1. The van der Waals surface area contributed by atoms with Crippen LogP contribution in [0.15, 0.2) is 12.1 Å². The molecule has 0 aliphatic carbocycles. The smallest absolute Gasteiger partial charge is 0.170 e. The maximum atomic E-state index is 9.61. The van der Waals surface area contributed by atoms with Crippen LogP contribution in [0.4, 0.5) is 5.69 Å². The van der Waals surface area contributed by atoms with Crippen molar-refractivity contribution in [2.75, 3.05) is 12.4 Å². The van der Waals surface area contributed by atoms with Gasteiger partial charge in [0.05, 0.1) is 13.2 Å². The molecule has 0 saturated carbocycles. The number of anilines is 1. The van der Waals surface area contributed by atoms with E-state index in [1.165, 1.54) is 0 Å². The molecule has 0 radical (unpaired) electrons. The Balaban J connectivity index is 3.06. The zero-order valence-electron chi connectivity index (χ0n) is 8.82. The summed E-state index contributed by atoms with van der Waals surface area (Å²) >= 11 is 4.92. The van der Waals surface area contributed by atoms with Crippen LogP contribution >= 0.6 is 12.2 Å². The molecule has 5 nitrogen and oxygen atoms in total. The van der Waals surface area contributed by atoms with Gasteiger partial charge in [-0.3, -0.25) is 0 Å². The molecule has 16 heavy (non-hydrogen) atoms. The zero-order chi connectivity index (χ0) is 12.1. The maximum absolute atomic E-state index is 9.61. The average Bonchev–Trinajstić information content (AvgIpc) is 2.30. The predicted molar refractivity (Wildman–Crippen MR) is 65.2 cm³/mol. The lowest BCUT2D eigenvalue weighted by atomic mass is 10.1. The summed E-state index contributed by atoms with van der Waals surface area (Å²) < 4.78 is 0. The minimum atomic E-state index is -0.305. The van der Waals surface area contributed by atoms with E-state index in [0.717, 1.165) is 0 Å². The van der Waals surface area contributed by atoms with Crippen molar-refractivity contribution < 1.29 is 15.3 Å². The molecule has 0 unspecified atom stereocenters. The third kappa shape index (κ3) is 2.82. The lowest BCUT2D eigenvalue weighted by Crippen LogP contribution is -2.24. The summed E-state index contributed by atoms with van der Waals surface area (Å²) in [6.07, 6.45) is 0. The second kappa shape index (κ2) is 5.64. The number of hydrogen-bond donors (Lipinski definition) is 5. The van der Waals surface area contributed by atoms with Crippen molar-refractivity contribution in [2.24, 2.45) is 0 Å². The molecule has 6 heteroatoms. The first-order valence-electron chi connectivity index (χ1n) is 4.67. The van der Waals surface area contributed by atoms with Crippen LogP contribution in [0.5, 0.6) is 5.75 Å². The SMILES string of the molecule is CNC(=S)Nc1cc(CO)c(O)c(CO)c1. The van der Waals surface area contributed by atoms with Gasteiger partial charge >= 0.3 is 0 Å². The fourth-order valence-electron chi connectivity index (χ4n) is 1.27. The van der Waals surface area contributed by atoms with Gasteiger partial charge in [-0.25, -0.2) is 0 Å². The van der Waals surface area contributed by atoms with E-state index in [4.69, 9.17) is 22.4 Å². The van der Waals surface area contributed by atoms with Gasteiger partial charge in [0, 0.05) is 23.9 Å². The monoisotopic (exact) mass is 242 g/mol. The van der Waals surface area contributed by atoms with Crippen LogP contribution in [0.25, 0.3) is 0 Å². The number of benzene rings is 1. The van der Waals surface area contributed by atoms with Crippen molar-refractivity contribution in [2.45, 2.75) is 13.2 Å². The number of thiocarbonyl (C=S) groups is 1. The molecule has 0 amide bonds. The topological polar surface area (TPSA) is 84.8 Å². The minimum absolute atomic E-state index is 0.0917. The number of rotatable bonds is 3. The molecule has 0 aromatic heterocycles. The fraction of sp³-hybridized carbons (Fsp3) is 0.300. The van der Waals surface area contributed by atoms with Crippen molar-refractivity contribution in [3.63, 3.8) is 0 Å². The molecule has 0 atom stereocenters. The molecule has 1 aromatic carbocycles. The quantitative estimate of drug-likeness (QED) is 0.387. The fourth-order valence-corrected chi connectivity index (χ4v) is 1.38. The molecule has 0 spiro atoms. The maximum Gasteiger partial charge on any atom is 0.170 e. The molecule has 0 fully saturated rings. The Morgan fingerprint density at radius 1 is 1.25 bits per heavy atom. The first kappa shape index (κ1) is 12.7. The van der Waals surface area contributed by atoms with Crippen molar-refractivity contribution >= 4 is 23.0 Å². The summed E-state index contributed by atoms with van der Waals surface area (Å²) in [5.74, 6) is -0.0917. The van der Waals surface area contributed by atoms with Gasteiger partial charge in [-0.15, -0.1) is 0 Å². The van der Waals surface area contributed by atoms with E-state index in [2.05, 4.69) is 10.6 Å². The van der Waals surface area contributed by atoms with Gasteiger partial charge in [-0.1, -0.05) is 0 Å². The van der Waals surface area contributed by atoms with Gasteiger partial charge in [0.2, 0.25) is 0 Å². The minimum Gasteiger partial charge on any atom is -0.507 e. The number of nitrogens with one attached hydrogen (secondary N) is 2. The average molecular weight is 242 g/mol. The molecule has 5 N–H and O–H groups in total. The highest BCUT2D eigenvalue weighted by molar-refractivity contribution is 7.80. The van der Waals surface area contributed by atoms with E-state index in [1.54, 1.807) is 19.2 Å². The number of aliphatic hydroxyl groups excluding tert-OH is 2. The summed E-state index contributed by atoms with van der Waals surface area (Å²) in [7, 11) is 1.68. The molecular formula is C10H14N2O3S. The third-order valence-corrected chi connectivity index (χ3v) is 2.40. The van der Waals surface area contributed by atoms with Crippen LogP contribution in [0.1, 0.15) is 11.1 Å². The second-order valence-electron chi connectivity index (χ2n) is 3.16. The van der Waals surface area contributed by atoms with Crippen molar-refractivity contribution in [3.05, 3.63) is 23.3 Å². The molecule has 0 heterocycles. The largest absolute Gasteiger partial charge is 0.507 e. The van der Waals surface area contributed by atoms with Gasteiger partial charge in [0.25, 0.3) is 0 Å². The van der Waals surface area contributed by atoms with Crippen molar-refractivity contribution in [3.8, 4) is 5.75 Å². The first-order valence-corrected chi connectivity index (χ1v) is 5.08. The number of phenols is 1. The molecular weight excluding hydrogens is 228 g/mol. The molecule has 0 saturated heterocycles. The van der Waals surface area contributed by atoms with E-state index in [1.807, 2.05) is 0 Å². The zero-order valence-corrected chi connectivity index (χ0v) is 9.64. The molecule has 1 aromatic rings. The Bertz CT molecular complexity index is 371. The van der Waals surface area contributed by atoms with E-state index >= 15 is 0 Å². The van der Waals surface area contributed by atoms with Gasteiger partial charge in [0.15, 0.2) is 5.11 Å². The Morgan fingerprint density at radius 3 is 2.12 bits per heavy atom. The van der Waals surface area contributed by atoms with Crippen LogP contribution < -0.4 is 10.6 Å². The molecule has 88 valence electrons. The van der Waals surface area contributed by atoms with Gasteiger partial charge in [-0.05, 0) is 24.4 Å². The highest BCUT2D eigenvalue weighted by Crippen LogP contribution is 2.27. The van der Waals surface area contributed by atoms with Crippen molar-refractivity contribution in [1.29, 1.82) is 0 Å². The predicted octanol–water partition coefficient (Wildman–Crippen LogP) is 0.293. The Labute approximate surface area is 98.7 Å². The summed E-state index contributed by atoms with van der Waals surface area (Å²) in [5, 5.41) is 33.7. The van der Waals surface area contributed by atoms with Gasteiger partial charge in [-0.2, -0.15) is 0 Å². The summed E-state index contributed by atoms with van der Waals surface area (Å²) in [6, 6.07) is 3.14. The number of hydrogen-bond acceptors (Lipinski definition) is 4. The molecule has 0 aliphatic rings. The number of aliphatic hydroxyl groups is 2. The van der Waals surface area contributed by atoms with Crippen molar-refractivity contribution in [1.82, 2.24) is 5.32 Å². The Morgan fingerprint density at radius 2 is 1.75 bits per heavy atom. The summed E-state index contributed by atoms with van der Waals surface area (Å²) in [4.78, 5) is 0. The second-order valence-corrected chi connectivity index (χ2v) is 3.57. The standard InChI is InChI=1S/C10H14N2O3S/c1-11-10(16)12-8-2-6(4-13)9(15)7(3-8)5-14/h2-3,13-15H,4-5H2,1H3,(H2,11,12,16). The Kier molecular flexibility index (Phi) is 4.48. The highest BCUT2D eigenvalue weighted by Gasteiger charge is 2.09. The normalized spacial score (nSPS) is 9.94. The highest BCUT2D eigenvalue weighted by atomic mass is 32.1. The van der Waals surface area contributed by atoms with Gasteiger partial charge < -0.3 is 26.0 Å². The van der Waals surface area contributed by atoms with Gasteiger partial charge in [0.1, 0.15) is 5.75 Å². The third-order valence-electron chi connectivity index (χ3n) is 2.09. The Hall–Kier alpha value is -1.37. The molecule has 0 bridgehead atoms. The first-order chi connectivity index (χ1) is 7.62.